The van der Waals surface area contributed by atoms with Gasteiger partial charge in [0.15, 0.2) is 12.2 Å². The molecule has 1 spiro atoms. The van der Waals surface area contributed by atoms with Gasteiger partial charge in [0.05, 0.1) is 6.20 Å². The van der Waals surface area contributed by atoms with Crippen LogP contribution in [0.25, 0.3) is 11.3 Å². The molecule has 1 atom stereocenters. The third-order valence-corrected chi connectivity index (χ3v) is 4.97. The number of benzene rings is 1. The predicted molar refractivity (Wildman–Crippen MR) is 90.5 cm³/mol. The number of aromatic nitrogens is 1. The number of oxazole rings is 1. The van der Waals surface area contributed by atoms with Crippen LogP contribution in [0.5, 0.6) is 0 Å². The summed E-state index contributed by atoms with van der Waals surface area (Å²) in [6.07, 6.45) is 6.37. The van der Waals surface area contributed by atoms with Gasteiger partial charge >= 0.3 is 0 Å². The van der Waals surface area contributed by atoms with Crippen molar-refractivity contribution in [2.75, 3.05) is 18.4 Å². The standard InChI is InChI=1S/C17H19N3O2.ClH/c21-16(14-9-17(14)5-7-18-8-6-17)20-13-3-1-12(2-4-13)15-10-19-11-22-15;/h1-4,10-11,14,18H,5-9H2,(H,20,21);1H. The Morgan fingerprint density at radius 3 is 2.65 bits per heavy atom. The summed E-state index contributed by atoms with van der Waals surface area (Å²) in [6, 6.07) is 7.69. The fourth-order valence-electron chi connectivity index (χ4n) is 3.50. The zero-order valence-corrected chi connectivity index (χ0v) is 13.6. The minimum absolute atomic E-state index is 0. The number of piperidine rings is 1. The fourth-order valence-corrected chi connectivity index (χ4v) is 3.50. The number of amides is 1. The summed E-state index contributed by atoms with van der Waals surface area (Å²) in [7, 11) is 0. The number of nitrogens with one attached hydrogen (secondary N) is 2. The number of carbonyl (C=O) groups is 1. The zero-order chi connectivity index (χ0) is 15.0. The molecular weight excluding hydrogens is 314 g/mol. The van der Waals surface area contributed by atoms with E-state index in [0.29, 0.717) is 0 Å². The Hall–Kier alpha value is -1.85. The van der Waals surface area contributed by atoms with Gasteiger partial charge in [-0.1, -0.05) is 0 Å². The van der Waals surface area contributed by atoms with Gasteiger partial charge in [-0.3, -0.25) is 4.79 Å². The first-order valence-electron chi connectivity index (χ1n) is 7.77. The van der Waals surface area contributed by atoms with Crippen LogP contribution >= 0.6 is 12.4 Å². The molecule has 1 unspecified atom stereocenters. The van der Waals surface area contributed by atoms with Crippen molar-refractivity contribution in [2.45, 2.75) is 19.3 Å². The third kappa shape index (κ3) is 3.12. The second-order valence-corrected chi connectivity index (χ2v) is 6.30. The van der Waals surface area contributed by atoms with Crippen molar-refractivity contribution in [3.8, 4) is 11.3 Å². The summed E-state index contributed by atoms with van der Waals surface area (Å²) in [5, 5.41) is 6.41. The van der Waals surface area contributed by atoms with E-state index >= 15 is 0 Å². The first-order valence-corrected chi connectivity index (χ1v) is 7.77. The number of anilines is 1. The lowest BCUT2D eigenvalue weighted by Crippen LogP contribution is -2.31. The Labute approximate surface area is 141 Å². The molecule has 5 nitrogen and oxygen atoms in total. The van der Waals surface area contributed by atoms with Crippen LogP contribution in [-0.2, 0) is 4.79 Å². The van der Waals surface area contributed by atoms with Crippen molar-refractivity contribution in [3.05, 3.63) is 36.9 Å². The minimum Gasteiger partial charge on any atom is -0.444 e. The molecule has 1 amide bonds. The fraction of sp³-hybridized carbons (Fsp3) is 0.412. The van der Waals surface area contributed by atoms with Gasteiger partial charge < -0.3 is 15.1 Å². The molecule has 1 saturated carbocycles. The molecule has 1 aromatic carbocycles. The van der Waals surface area contributed by atoms with Gasteiger partial charge in [-0.05, 0) is 62.0 Å². The van der Waals surface area contributed by atoms with E-state index in [4.69, 9.17) is 4.42 Å². The Morgan fingerprint density at radius 2 is 2.00 bits per heavy atom. The molecule has 2 N–H and O–H groups in total. The molecular formula is C17H20ClN3O2. The lowest BCUT2D eigenvalue weighted by Gasteiger charge is -2.23. The van der Waals surface area contributed by atoms with Crippen molar-refractivity contribution in [3.63, 3.8) is 0 Å². The maximum Gasteiger partial charge on any atom is 0.228 e. The third-order valence-electron chi connectivity index (χ3n) is 4.97. The molecule has 0 radical (unpaired) electrons. The molecule has 122 valence electrons. The zero-order valence-electron chi connectivity index (χ0n) is 12.7. The predicted octanol–water partition coefficient (Wildman–Crippen LogP) is 3.09. The van der Waals surface area contributed by atoms with E-state index < -0.39 is 0 Å². The molecule has 23 heavy (non-hydrogen) atoms. The smallest absolute Gasteiger partial charge is 0.228 e. The summed E-state index contributed by atoms with van der Waals surface area (Å²) in [5.74, 6) is 1.08. The quantitative estimate of drug-likeness (QED) is 0.905. The molecule has 1 aliphatic carbocycles. The van der Waals surface area contributed by atoms with Crippen molar-refractivity contribution in [1.82, 2.24) is 10.3 Å². The van der Waals surface area contributed by atoms with E-state index in [1.165, 1.54) is 6.39 Å². The number of carbonyl (C=O) groups excluding carboxylic acids is 1. The Morgan fingerprint density at radius 1 is 1.26 bits per heavy atom. The van der Waals surface area contributed by atoms with E-state index in [1.54, 1.807) is 6.20 Å². The SMILES string of the molecule is Cl.O=C(Nc1ccc(-c2cnco2)cc1)C1CC12CCNCC2. The average molecular weight is 334 g/mol. The van der Waals surface area contributed by atoms with Gasteiger partial charge in [-0.2, -0.15) is 0 Å². The Bertz CT molecular complexity index is 664. The van der Waals surface area contributed by atoms with E-state index in [0.717, 1.165) is 49.4 Å². The molecule has 6 heteroatoms. The number of hydrogen-bond acceptors (Lipinski definition) is 4. The largest absolute Gasteiger partial charge is 0.444 e. The minimum atomic E-state index is 0. The van der Waals surface area contributed by atoms with Crippen LogP contribution in [0.1, 0.15) is 19.3 Å². The van der Waals surface area contributed by atoms with Crippen LogP contribution in [-0.4, -0.2) is 24.0 Å². The van der Waals surface area contributed by atoms with Gasteiger partial charge in [-0.15, -0.1) is 12.4 Å². The Balaban J connectivity index is 0.00000156. The summed E-state index contributed by atoms with van der Waals surface area (Å²) in [5.41, 5.74) is 2.07. The van der Waals surface area contributed by atoms with E-state index in [2.05, 4.69) is 15.6 Å². The maximum atomic E-state index is 12.4. The number of hydrogen-bond donors (Lipinski definition) is 2. The first kappa shape index (κ1) is 16.0. The first-order chi connectivity index (χ1) is 10.8. The molecule has 2 aromatic rings. The van der Waals surface area contributed by atoms with Crippen molar-refractivity contribution < 1.29 is 9.21 Å². The summed E-state index contributed by atoms with van der Waals surface area (Å²) >= 11 is 0. The second-order valence-electron chi connectivity index (χ2n) is 6.30. The summed E-state index contributed by atoms with van der Waals surface area (Å²) in [6.45, 7) is 2.07. The molecule has 1 saturated heterocycles. The van der Waals surface area contributed by atoms with E-state index in [1.807, 2.05) is 24.3 Å². The second kappa shape index (κ2) is 6.34. The van der Waals surface area contributed by atoms with Gasteiger partial charge in [0.2, 0.25) is 5.91 Å². The van der Waals surface area contributed by atoms with E-state index in [-0.39, 0.29) is 29.6 Å². The highest BCUT2D eigenvalue weighted by atomic mass is 35.5. The highest BCUT2D eigenvalue weighted by molar-refractivity contribution is 5.95. The van der Waals surface area contributed by atoms with Crippen LogP contribution in [0.15, 0.2) is 41.3 Å². The molecule has 1 aliphatic heterocycles. The van der Waals surface area contributed by atoms with Gasteiger partial charge in [0.1, 0.15) is 0 Å². The highest BCUT2D eigenvalue weighted by Gasteiger charge is 2.57. The van der Waals surface area contributed by atoms with Crippen LogP contribution in [0, 0.1) is 11.3 Å². The lowest BCUT2D eigenvalue weighted by molar-refractivity contribution is -0.118. The number of rotatable bonds is 3. The molecule has 0 bridgehead atoms. The lowest BCUT2D eigenvalue weighted by atomic mass is 9.92. The van der Waals surface area contributed by atoms with Gasteiger partial charge in [0, 0.05) is 17.2 Å². The molecule has 2 aliphatic rings. The maximum absolute atomic E-state index is 12.4. The number of halogens is 1. The average Bonchev–Trinajstić information content (AvgIpc) is 3.00. The van der Waals surface area contributed by atoms with Crippen molar-refractivity contribution in [1.29, 1.82) is 0 Å². The van der Waals surface area contributed by atoms with Crippen LogP contribution < -0.4 is 10.6 Å². The van der Waals surface area contributed by atoms with Crippen LogP contribution in [0.3, 0.4) is 0 Å². The highest BCUT2D eigenvalue weighted by Crippen LogP contribution is 2.58. The molecule has 4 rings (SSSR count). The van der Waals surface area contributed by atoms with E-state index in [9.17, 15) is 4.79 Å². The topological polar surface area (TPSA) is 67.2 Å². The summed E-state index contributed by atoms with van der Waals surface area (Å²) < 4.78 is 5.26. The van der Waals surface area contributed by atoms with Crippen LogP contribution in [0.2, 0.25) is 0 Å². The van der Waals surface area contributed by atoms with Crippen molar-refractivity contribution in [2.24, 2.45) is 11.3 Å². The molecule has 1 aromatic heterocycles. The van der Waals surface area contributed by atoms with Gasteiger partial charge in [0.25, 0.3) is 0 Å². The van der Waals surface area contributed by atoms with Crippen LogP contribution in [0.4, 0.5) is 5.69 Å². The summed E-state index contributed by atoms with van der Waals surface area (Å²) in [4.78, 5) is 16.3. The molecule has 2 heterocycles. The monoisotopic (exact) mass is 333 g/mol. The molecule has 2 fully saturated rings. The normalized spacial score (nSPS) is 21.5. The number of nitrogens with zero attached hydrogens (tertiary/aromatic N) is 1. The van der Waals surface area contributed by atoms with Crippen molar-refractivity contribution >= 4 is 24.0 Å². The Kier molecular flexibility index (Phi) is 4.41. The van der Waals surface area contributed by atoms with Gasteiger partial charge in [-0.25, -0.2) is 4.98 Å².